The average Bonchev–Trinajstić information content (AvgIpc) is 2.77. The van der Waals surface area contributed by atoms with Crippen LogP contribution in [-0.4, -0.2) is 35.0 Å². The molecule has 2 N–H and O–H groups in total. The van der Waals surface area contributed by atoms with E-state index in [0.29, 0.717) is 5.89 Å². The number of oxazole rings is 1. The Bertz CT molecular complexity index is 388. The lowest BCUT2D eigenvalue weighted by molar-refractivity contribution is -0.123. The number of nitrogens with one attached hydrogen (secondary N) is 2. The third-order valence-electron chi connectivity index (χ3n) is 2.61. The lowest BCUT2D eigenvalue weighted by atomic mass is 10.2. The molecule has 6 heteroatoms. The van der Waals surface area contributed by atoms with Crippen molar-refractivity contribution in [1.29, 1.82) is 0 Å². The van der Waals surface area contributed by atoms with Gasteiger partial charge in [-0.15, -0.1) is 0 Å². The van der Waals surface area contributed by atoms with Crippen molar-refractivity contribution in [1.82, 2.24) is 15.6 Å². The van der Waals surface area contributed by atoms with Gasteiger partial charge in [-0.1, -0.05) is 0 Å². The molecule has 2 unspecified atom stereocenters. The Kier molecular flexibility index (Phi) is 4.06. The first-order valence-electron chi connectivity index (χ1n) is 5.70. The molecule has 1 aliphatic rings. The molecule has 1 saturated heterocycles. The van der Waals surface area contributed by atoms with Crippen LogP contribution in [0.5, 0.6) is 0 Å². The molecule has 2 heterocycles. The molecule has 0 saturated carbocycles. The molecule has 1 aromatic heterocycles. The van der Waals surface area contributed by atoms with Gasteiger partial charge in [-0.25, -0.2) is 4.98 Å². The largest absolute Gasteiger partial charge is 0.444 e. The summed E-state index contributed by atoms with van der Waals surface area (Å²) < 4.78 is 5.38. The highest BCUT2D eigenvalue weighted by molar-refractivity contribution is 7.99. The number of nitrogens with zero attached hydrogens (tertiary/aromatic N) is 1. The van der Waals surface area contributed by atoms with Gasteiger partial charge in [0, 0.05) is 18.1 Å². The molecular formula is C11H17N3O2S. The fourth-order valence-corrected chi connectivity index (χ4v) is 2.62. The van der Waals surface area contributed by atoms with E-state index >= 15 is 0 Å². The van der Waals surface area contributed by atoms with Gasteiger partial charge in [0.15, 0.2) is 0 Å². The maximum atomic E-state index is 11.9. The second-order valence-corrected chi connectivity index (χ2v) is 5.27. The fraction of sp³-hybridized carbons (Fsp3) is 0.636. The van der Waals surface area contributed by atoms with Gasteiger partial charge in [-0.05, 0) is 13.8 Å². The van der Waals surface area contributed by atoms with Gasteiger partial charge in [0.1, 0.15) is 11.8 Å². The number of rotatable bonds is 3. The molecular weight excluding hydrogens is 238 g/mol. The standard InChI is InChI=1S/C11H17N3O2S/c1-7-5-13-11(16-7)8(2)14-10(15)9-6-17-4-3-12-9/h5,8-9,12H,3-4,6H2,1-2H3,(H,14,15). The molecule has 1 amide bonds. The normalized spacial score (nSPS) is 22.1. The SMILES string of the molecule is Cc1cnc(C(C)NC(=O)C2CSCCN2)o1. The van der Waals surface area contributed by atoms with E-state index in [1.165, 1.54) is 0 Å². The summed E-state index contributed by atoms with van der Waals surface area (Å²) in [5.41, 5.74) is 0. The van der Waals surface area contributed by atoms with E-state index in [0.717, 1.165) is 23.8 Å². The number of carbonyl (C=O) groups is 1. The molecule has 0 radical (unpaired) electrons. The highest BCUT2D eigenvalue weighted by Crippen LogP contribution is 2.13. The van der Waals surface area contributed by atoms with Crippen LogP contribution in [0.25, 0.3) is 0 Å². The van der Waals surface area contributed by atoms with Crippen molar-refractivity contribution in [3.8, 4) is 0 Å². The Morgan fingerprint density at radius 3 is 3.18 bits per heavy atom. The van der Waals surface area contributed by atoms with Crippen LogP contribution in [0.1, 0.15) is 24.6 Å². The maximum absolute atomic E-state index is 11.9. The maximum Gasteiger partial charge on any atom is 0.238 e. The molecule has 0 spiro atoms. The third kappa shape index (κ3) is 3.23. The number of carbonyl (C=O) groups excluding carboxylic acids is 1. The van der Waals surface area contributed by atoms with E-state index < -0.39 is 0 Å². The molecule has 1 fully saturated rings. The summed E-state index contributed by atoms with van der Waals surface area (Å²) in [6, 6.07) is -0.294. The molecule has 0 aliphatic carbocycles. The van der Waals surface area contributed by atoms with Crippen molar-refractivity contribution in [2.24, 2.45) is 0 Å². The summed E-state index contributed by atoms with van der Waals surface area (Å²) in [5, 5.41) is 6.11. The lowest BCUT2D eigenvalue weighted by Crippen LogP contribution is -2.49. The molecule has 17 heavy (non-hydrogen) atoms. The summed E-state index contributed by atoms with van der Waals surface area (Å²) in [4.78, 5) is 16.0. The number of thioether (sulfide) groups is 1. The van der Waals surface area contributed by atoms with E-state index in [-0.39, 0.29) is 18.0 Å². The van der Waals surface area contributed by atoms with Gasteiger partial charge in [0.2, 0.25) is 11.8 Å². The zero-order valence-electron chi connectivity index (χ0n) is 10.0. The van der Waals surface area contributed by atoms with Crippen LogP contribution in [0.2, 0.25) is 0 Å². The number of hydrogen-bond donors (Lipinski definition) is 2. The zero-order valence-corrected chi connectivity index (χ0v) is 10.8. The van der Waals surface area contributed by atoms with Crippen LogP contribution in [0.3, 0.4) is 0 Å². The van der Waals surface area contributed by atoms with Crippen molar-refractivity contribution < 1.29 is 9.21 Å². The summed E-state index contributed by atoms with van der Waals surface area (Å²) in [5.74, 6) is 3.22. The first-order valence-corrected chi connectivity index (χ1v) is 6.86. The second kappa shape index (κ2) is 5.55. The molecule has 5 nitrogen and oxygen atoms in total. The van der Waals surface area contributed by atoms with Crippen molar-refractivity contribution in [3.63, 3.8) is 0 Å². The Labute approximate surface area is 105 Å². The van der Waals surface area contributed by atoms with Gasteiger partial charge in [0.05, 0.1) is 12.2 Å². The van der Waals surface area contributed by atoms with Gasteiger partial charge in [-0.3, -0.25) is 4.79 Å². The first-order chi connectivity index (χ1) is 8.16. The zero-order chi connectivity index (χ0) is 12.3. The Balaban J connectivity index is 1.89. The molecule has 1 aromatic rings. The second-order valence-electron chi connectivity index (χ2n) is 4.12. The van der Waals surface area contributed by atoms with Crippen LogP contribution < -0.4 is 10.6 Å². The third-order valence-corrected chi connectivity index (χ3v) is 3.67. The number of aryl methyl sites for hydroxylation is 1. The highest BCUT2D eigenvalue weighted by atomic mass is 32.2. The molecule has 2 atom stereocenters. The number of hydrogen-bond acceptors (Lipinski definition) is 5. The van der Waals surface area contributed by atoms with E-state index in [2.05, 4.69) is 15.6 Å². The van der Waals surface area contributed by atoms with Crippen LogP contribution >= 0.6 is 11.8 Å². The van der Waals surface area contributed by atoms with E-state index in [4.69, 9.17) is 4.42 Å². The minimum absolute atomic E-state index is 0.0144. The summed E-state index contributed by atoms with van der Waals surface area (Å²) >= 11 is 1.80. The summed E-state index contributed by atoms with van der Waals surface area (Å²) in [6.45, 7) is 4.60. The predicted molar refractivity (Wildman–Crippen MR) is 66.9 cm³/mol. The van der Waals surface area contributed by atoms with Crippen LogP contribution in [0.4, 0.5) is 0 Å². The minimum atomic E-state index is -0.190. The van der Waals surface area contributed by atoms with Crippen LogP contribution in [-0.2, 0) is 4.79 Å². The average molecular weight is 255 g/mol. The predicted octanol–water partition coefficient (Wildman–Crippen LogP) is 0.865. The molecule has 2 rings (SSSR count). The highest BCUT2D eigenvalue weighted by Gasteiger charge is 2.23. The monoisotopic (exact) mass is 255 g/mol. The molecule has 94 valence electrons. The van der Waals surface area contributed by atoms with Gasteiger partial charge in [-0.2, -0.15) is 11.8 Å². The van der Waals surface area contributed by atoms with Crippen LogP contribution in [0.15, 0.2) is 10.6 Å². The molecule has 0 bridgehead atoms. The smallest absolute Gasteiger partial charge is 0.238 e. The Hall–Kier alpha value is -1.01. The minimum Gasteiger partial charge on any atom is -0.444 e. The van der Waals surface area contributed by atoms with E-state index in [9.17, 15) is 4.79 Å². The molecule has 1 aliphatic heterocycles. The topological polar surface area (TPSA) is 67.2 Å². The summed E-state index contributed by atoms with van der Waals surface area (Å²) in [7, 11) is 0. The Morgan fingerprint density at radius 1 is 1.76 bits per heavy atom. The summed E-state index contributed by atoms with van der Waals surface area (Å²) in [6.07, 6.45) is 1.66. The van der Waals surface area contributed by atoms with E-state index in [1.807, 2.05) is 13.8 Å². The van der Waals surface area contributed by atoms with Gasteiger partial charge >= 0.3 is 0 Å². The quantitative estimate of drug-likeness (QED) is 0.838. The molecule has 0 aromatic carbocycles. The van der Waals surface area contributed by atoms with Crippen LogP contribution in [0, 0.1) is 6.92 Å². The van der Waals surface area contributed by atoms with Crippen molar-refractivity contribution >= 4 is 17.7 Å². The lowest BCUT2D eigenvalue weighted by Gasteiger charge is -2.23. The van der Waals surface area contributed by atoms with Gasteiger partial charge < -0.3 is 15.1 Å². The number of amides is 1. The van der Waals surface area contributed by atoms with Crippen molar-refractivity contribution in [2.75, 3.05) is 18.1 Å². The van der Waals surface area contributed by atoms with E-state index in [1.54, 1.807) is 18.0 Å². The first kappa shape index (κ1) is 12.4. The Morgan fingerprint density at radius 2 is 2.59 bits per heavy atom. The van der Waals surface area contributed by atoms with Gasteiger partial charge in [0.25, 0.3) is 0 Å². The van der Waals surface area contributed by atoms with Crippen molar-refractivity contribution in [2.45, 2.75) is 25.9 Å². The van der Waals surface area contributed by atoms with Crippen molar-refractivity contribution in [3.05, 3.63) is 17.8 Å². The number of aromatic nitrogens is 1. The fourth-order valence-electron chi connectivity index (χ4n) is 1.68.